The number of hydrogen-bond acceptors (Lipinski definition) is 4. The molecule has 21 heavy (non-hydrogen) atoms. The summed E-state index contributed by atoms with van der Waals surface area (Å²) in [5, 5.41) is 10.1. The van der Waals surface area contributed by atoms with Gasteiger partial charge in [0.05, 0.1) is 6.61 Å². The molecule has 1 unspecified atom stereocenters. The van der Waals surface area contributed by atoms with Crippen molar-refractivity contribution in [1.29, 1.82) is 5.41 Å². The minimum Gasteiger partial charge on any atom is -0.466 e. The maximum absolute atomic E-state index is 12.0. The first-order valence-corrected chi connectivity index (χ1v) is 6.85. The third kappa shape index (κ3) is 5.64. The van der Waals surface area contributed by atoms with Crippen molar-refractivity contribution >= 4 is 23.4 Å². The zero-order valence-electron chi connectivity index (χ0n) is 12.3. The Morgan fingerprint density at radius 1 is 1.33 bits per heavy atom. The van der Waals surface area contributed by atoms with E-state index in [0.717, 1.165) is 0 Å². The highest BCUT2D eigenvalue weighted by Crippen LogP contribution is 2.13. The van der Waals surface area contributed by atoms with Gasteiger partial charge >= 0.3 is 5.97 Å². The Balaban J connectivity index is 2.48. The van der Waals surface area contributed by atoms with E-state index in [1.54, 1.807) is 38.1 Å². The number of ether oxygens (including phenoxy) is 1. The van der Waals surface area contributed by atoms with Gasteiger partial charge in [-0.2, -0.15) is 0 Å². The molecule has 0 heterocycles. The first kappa shape index (κ1) is 16.7. The van der Waals surface area contributed by atoms with E-state index in [2.05, 4.69) is 5.32 Å². The molecule has 1 amide bonds. The molecule has 1 rings (SSSR count). The molecule has 6 heteroatoms. The fourth-order valence-electron chi connectivity index (χ4n) is 1.70. The van der Waals surface area contributed by atoms with Crippen molar-refractivity contribution < 1.29 is 14.3 Å². The van der Waals surface area contributed by atoms with Gasteiger partial charge < -0.3 is 15.8 Å². The van der Waals surface area contributed by atoms with Crippen molar-refractivity contribution in [3.63, 3.8) is 0 Å². The molecule has 0 radical (unpaired) electrons. The van der Waals surface area contributed by atoms with Gasteiger partial charge in [-0.25, -0.2) is 0 Å². The smallest absolute Gasteiger partial charge is 0.305 e. The summed E-state index contributed by atoms with van der Waals surface area (Å²) in [6, 6.07) is 6.71. The van der Waals surface area contributed by atoms with Gasteiger partial charge in [0, 0.05) is 23.6 Å². The van der Waals surface area contributed by atoms with Crippen LogP contribution < -0.4 is 11.1 Å². The zero-order chi connectivity index (χ0) is 15.8. The third-order valence-corrected chi connectivity index (χ3v) is 3.00. The molecular weight excluding hydrogens is 270 g/mol. The second-order valence-corrected chi connectivity index (χ2v) is 4.73. The summed E-state index contributed by atoms with van der Waals surface area (Å²) in [6.07, 6.45) is 0.669. The number of anilines is 1. The number of rotatable bonds is 7. The van der Waals surface area contributed by atoms with Crippen molar-refractivity contribution in [1.82, 2.24) is 0 Å². The molecule has 0 aromatic heterocycles. The average Bonchev–Trinajstić information content (AvgIpc) is 2.45. The van der Waals surface area contributed by atoms with E-state index in [9.17, 15) is 9.59 Å². The van der Waals surface area contributed by atoms with Crippen LogP contribution in [0, 0.1) is 11.3 Å². The molecule has 0 saturated carbocycles. The largest absolute Gasteiger partial charge is 0.466 e. The molecule has 0 spiro atoms. The van der Waals surface area contributed by atoms with E-state index in [4.69, 9.17) is 15.9 Å². The number of nitrogen functional groups attached to an aromatic ring is 1. The van der Waals surface area contributed by atoms with Crippen LogP contribution in [-0.4, -0.2) is 24.3 Å². The molecule has 0 aliphatic rings. The number of benzene rings is 1. The predicted molar refractivity (Wildman–Crippen MR) is 81.1 cm³/mol. The second kappa shape index (κ2) is 8.04. The average molecular weight is 291 g/mol. The molecular formula is C15H21N3O3. The van der Waals surface area contributed by atoms with E-state index < -0.39 is 0 Å². The Morgan fingerprint density at radius 2 is 1.95 bits per heavy atom. The van der Waals surface area contributed by atoms with Crippen LogP contribution in [0.4, 0.5) is 5.69 Å². The third-order valence-electron chi connectivity index (χ3n) is 3.00. The number of nitrogens with one attached hydrogen (secondary N) is 2. The maximum atomic E-state index is 12.0. The van der Waals surface area contributed by atoms with Crippen molar-refractivity contribution in [2.24, 2.45) is 11.7 Å². The summed E-state index contributed by atoms with van der Waals surface area (Å²) in [7, 11) is 0. The summed E-state index contributed by atoms with van der Waals surface area (Å²) in [6.45, 7) is 3.86. The monoisotopic (exact) mass is 291 g/mol. The lowest BCUT2D eigenvalue weighted by atomic mass is 10.0. The first-order chi connectivity index (χ1) is 9.93. The maximum Gasteiger partial charge on any atom is 0.305 e. The van der Waals surface area contributed by atoms with Gasteiger partial charge in [-0.15, -0.1) is 0 Å². The SMILES string of the molecule is CCOC(=O)CCC(C)C(=O)Nc1ccc(C(=N)N)cc1. The highest BCUT2D eigenvalue weighted by Gasteiger charge is 2.15. The first-order valence-electron chi connectivity index (χ1n) is 6.85. The molecule has 0 bridgehead atoms. The fourth-order valence-corrected chi connectivity index (χ4v) is 1.70. The van der Waals surface area contributed by atoms with Gasteiger partial charge in [0.25, 0.3) is 0 Å². The number of hydrogen-bond donors (Lipinski definition) is 3. The zero-order valence-corrected chi connectivity index (χ0v) is 12.3. The van der Waals surface area contributed by atoms with Crippen LogP contribution in [0.15, 0.2) is 24.3 Å². The molecule has 114 valence electrons. The Hall–Kier alpha value is -2.37. The van der Waals surface area contributed by atoms with Gasteiger partial charge in [0.15, 0.2) is 0 Å². The second-order valence-electron chi connectivity index (χ2n) is 4.73. The van der Waals surface area contributed by atoms with Gasteiger partial charge in [-0.1, -0.05) is 6.92 Å². The van der Waals surface area contributed by atoms with Crippen molar-refractivity contribution in [3.8, 4) is 0 Å². The predicted octanol–water partition coefficient (Wildman–Crippen LogP) is 1.89. The van der Waals surface area contributed by atoms with E-state index in [-0.39, 0.29) is 30.1 Å². The summed E-state index contributed by atoms with van der Waals surface area (Å²) in [5.74, 6) is -0.754. The normalized spacial score (nSPS) is 11.5. The topological polar surface area (TPSA) is 105 Å². The molecule has 0 aliphatic heterocycles. The van der Waals surface area contributed by atoms with Crippen molar-refractivity contribution in [3.05, 3.63) is 29.8 Å². The molecule has 4 N–H and O–H groups in total. The van der Waals surface area contributed by atoms with Crippen LogP contribution in [0.5, 0.6) is 0 Å². The van der Waals surface area contributed by atoms with Crippen molar-refractivity contribution in [2.75, 3.05) is 11.9 Å². The number of carbonyl (C=O) groups is 2. The molecule has 0 saturated heterocycles. The summed E-state index contributed by atoms with van der Waals surface area (Å²) in [5.41, 5.74) is 6.59. The highest BCUT2D eigenvalue weighted by atomic mass is 16.5. The Kier molecular flexibility index (Phi) is 6.39. The van der Waals surface area contributed by atoms with Gasteiger partial charge in [0.1, 0.15) is 5.84 Å². The van der Waals surface area contributed by atoms with Gasteiger partial charge in [-0.3, -0.25) is 15.0 Å². The molecule has 1 aromatic rings. The number of carbonyl (C=O) groups excluding carboxylic acids is 2. The molecule has 0 aliphatic carbocycles. The van der Waals surface area contributed by atoms with E-state index in [1.165, 1.54) is 0 Å². The fraction of sp³-hybridized carbons (Fsp3) is 0.400. The quantitative estimate of drug-likeness (QED) is 0.405. The van der Waals surface area contributed by atoms with Crippen LogP contribution in [0.3, 0.4) is 0 Å². The lowest BCUT2D eigenvalue weighted by Gasteiger charge is -2.12. The van der Waals surface area contributed by atoms with Crippen LogP contribution in [0.1, 0.15) is 32.3 Å². The lowest BCUT2D eigenvalue weighted by Crippen LogP contribution is -2.21. The Bertz CT molecular complexity index is 511. The standard InChI is InChI=1S/C15H21N3O3/c1-3-21-13(19)9-4-10(2)15(20)18-12-7-5-11(6-8-12)14(16)17/h5-8,10H,3-4,9H2,1-2H3,(H3,16,17)(H,18,20). The van der Waals surface area contributed by atoms with Crippen LogP contribution >= 0.6 is 0 Å². The minimum absolute atomic E-state index is 0.0179. The minimum atomic E-state index is -0.290. The summed E-state index contributed by atoms with van der Waals surface area (Å²) < 4.78 is 4.82. The van der Waals surface area contributed by atoms with E-state index >= 15 is 0 Å². The number of nitrogens with two attached hydrogens (primary N) is 1. The van der Waals surface area contributed by atoms with E-state index in [0.29, 0.717) is 24.3 Å². The van der Waals surface area contributed by atoms with Crippen molar-refractivity contribution in [2.45, 2.75) is 26.7 Å². The van der Waals surface area contributed by atoms with Gasteiger partial charge in [0.2, 0.25) is 5.91 Å². The van der Waals surface area contributed by atoms with E-state index in [1.807, 2.05) is 0 Å². The molecule has 0 fully saturated rings. The number of esters is 1. The van der Waals surface area contributed by atoms with Crippen LogP contribution in [0.2, 0.25) is 0 Å². The Labute approximate surface area is 124 Å². The summed E-state index contributed by atoms with van der Waals surface area (Å²) in [4.78, 5) is 23.2. The highest BCUT2D eigenvalue weighted by molar-refractivity contribution is 5.96. The Morgan fingerprint density at radius 3 is 2.48 bits per heavy atom. The number of amides is 1. The van der Waals surface area contributed by atoms with Crippen LogP contribution in [-0.2, 0) is 14.3 Å². The molecule has 1 aromatic carbocycles. The van der Waals surface area contributed by atoms with Crippen LogP contribution in [0.25, 0.3) is 0 Å². The summed E-state index contributed by atoms with van der Waals surface area (Å²) >= 11 is 0. The van der Waals surface area contributed by atoms with Gasteiger partial charge in [-0.05, 0) is 37.6 Å². The number of amidine groups is 1. The lowest BCUT2D eigenvalue weighted by molar-refractivity contribution is -0.143. The molecule has 1 atom stereocenters. The molecule has 6 nitrogen and oxygen atoms in total.